The van der Waals surface area contributed by atoms with Crippen LogP contribution in [0.1, 0.15) is 16.7 Å². The molecule has 0 unspecified atom stereocenters. The molecule has 0 fully saturated rings. The van der Waals surface area contributed by atoms with E-state index >= 15 is 0 Å². The van der Waals surface area contributed by atoms with Gasteiger partial charge < -0.3 is 4.74 Å². The van der Waals surface area contributed by atoms with Crippen molar-refractivity contribution in [2.24, 2.45) is 0 Å². The van der Waals surface area contributed by atoms with E-state index in [1.807, 2.05) is 56.3 Å². The molecule has 0 aliphatic carbocycles. The minimum absolute atomic E-state index is 0.166. The standard InChI is InChI=1S/C18H19BrN2O3/c1-12-3-8-16(9-13(12)2)24-11-18(23)21-20-17(22)10-14-4-6-15(19)7-5-14/h3-9H,10-11H2,1-2H3,(H,20,22)(H,21,23). The van der Waals surface area contributed by atoms with Crippen molar-refractivity contribution >= 4 is 27.7 Å². The summed E-state index contributed by atoms with van der Waals surface area (Å²) in [7, 11) is 0. The smallest absolute Gasteiger partial charge is 0.276 e. The number of aryl methyl sites for hydroxylation is 2. The highest BCUT2D eigenvalue weighted by molar-refractivity contribution is 9.10. The van der Waals surface area contributed by atoms with Gasteiger partial charge in [-0.05, 0) is 54.8 Å². The minimum Gasteiger partial charge on any atom is -0.484 e. The molecule has 0 aliphatic rings. The van der Waals surface area contributed by atoms with Gasteiger partial charge in [-0.25, -0.2) is 0 Å². The molecule has 2 N–H and O–H groups in total. The van der Waals surface area contributed by atoms with E-state index in [9.17, 15) is 9.59 Å². The number of hydrazine groups is 1. The zero-order valence-corrected chi connectivity index (χ0v) is 15.1. The van der Waals surface area contributed by atoms with Crippen LogP contribution in [0.15, 0.2) is 46.9 Å². The van der Waals surface area contributed by atoms with Crippen LogP contribution >= 0.6 is 15.9 Å². The number of nitrogens with one attached hydrogen (secondary N) is 2. The molecule has 0 aliphatic heterocycles. The normalized spacial score (nSPS) is 10.1. The van der Waals surface area contributed by atoms with E-state index < -0.39 is 5.91 Å². The van der Waals surface area contributed by atoms with E-state index in [0.717, 1.165) is 21.2 Å². The second-order valence-electron chi connectivity index (χ2n) is 5.43. The summed E-state index contributed by atoms with van der Waals surface area (Å²) in [5, 5.41) is 0. The van der Waals surface area contributed by atoms with Gasteiger partial charge in [-0.2, -0.15) is 0 Å². The van der Waals surface area contributed by atoms with Gasteiger partial charge >= 0.3 is 0 Å². The van der Waals surface area contributed by atoms with E-state index in [4.69, 9.17) is 4.74 Å². The third-order valence-corrected chi connectivity index (χ3v) is 4.00. The average molecular weight is 391 g/mol. The Morgan fingerprint density at radius 1 is 0.958 bits per heavy atom. The van der Waals surface area contributed by atoms with Gasteiger partial charge in [-0.3, -0.25) is 20.4 Å². The largest absolute Gasteiger partial charge is 0.484 e. The number of amides is 2. The quantitative estimate of drug-likeness (QED) is 0.771. The number of ether oxygens (including phenoxy) is 1. The monoisotopic (exact) mass is 390 g/mol. The van der Waals surface area contributed by atoms with Crippen LogP contribution in [0.2, 0.25) is 0 Å². The predicted molar refractivity (Wildman–Crippen MR) is 95.5 cm³/mol. The van der Waals surface area contributed by atoms with Crippen LogP contribution in [-0.2, 0) is 16.0 Å². The van der Waals surface area contributed by atoms with E-state index in [1.54, 1.807) is 0 Å². The fourth-order valence-corrected chi connectivity index (χ4v) is 2.22. The lowest BCUT2D eigenvalue weighted by molar-refractivity contribution is -0.129. The van der Waals surface area contributed by atoms with Crippen molar-refractivity contribution in [3.05, 3.63) is 63.6 Å². The molecule has 2 aromatic rings. The van der Waals surface area contributed by atoms with Crippen LogP contribution in [0, 0.1) is 13.8 Å². The Bertz CT molecular complexity index is 730. The van der Waals surface area contributed by atoms with Gasteiger partial charge in [-0.15, -0.1) is 0 Å². The Morgan fingerprint density at radius 3 is 2.29 bits per heavy atom. The molecule has 24 heavy (non-hydrogen) atoms. The van der Waals surface area contributed by atoms with Gasteiger partial charge in [0.15, 0.2) is 6.61 Å². The van der Waals surface area contributed by atoms with Crippen molar-refractivity contribution in [1.29, 1.82) is 0 Å². The number of carbonyl (C=O) groups is 2. The molecule has 126 valence electrons. The van der Waals surface area contributed by atoms with Crippen molar-refractivity contribution < 1.29 is 14.3 Å². The topological polar surface area (TPSA) is 67.4 Å². The highest BCUT2D eigenvalue weighted by Gasteiger charge is 2.07. The summed E-state index contributed by atoms with van der Waals surface area (Å²) in [6.45, 7) is 3.82. The molecule has 0 radical (unpaired) electrons. The molecule has 2 amide bonds. The Kier molecular flexibility index (Phi) is 6.37. The third kappa shape index (κ3) is 5.70. The SMILES string of the molecule is Cc1ccc(OCC(=O)NNC(=O)Cc2ccc(Br)cc2)cc1C. The fourth-order valence-electron chi connectivity index (χ4n) is 1.96. The maximum atomic E-state index is 11.8. The molecule has 0 aromatic heterocycles. The molecule has 0 heterocycles. The first-order valence-corrected chi connectivity index (χ1v) is 8.25. The van der Waals surface area contributed by atoms with Crippen molar-refractivity contribution in [1.82, 2.24) is 10.9 Å². The lowest BCUT2D eigenvalue weighted by Crippen LogP contribution is -2.44. The maximum Gasteiger partial charge on any atom is 0.276 e. The molecule has 0 atom stereocenters. The maximum absolute atomic E-state index is 11.8. The molecule has 0 saturated heterocycles. The predicted octanol–water partition coefficient (Wildman–Crippen LogP) is 2.83. The van der Waals surface area contributed by atoms with Gasteiger partial charge in [0.05, 0.1) is 6.42 Å². The number of rotatable bonds is 5. The van der Waals surface area contributed by atoms with Gasteiger partial charge in [0.25, 0.3) is 5.91 Å². The molecule has 2 rings (SSSR count). The molecule has 2 aromatic carbocycles. The van der Waals surface area contributed by atoms with E-state index in [0.29, 0.717) is 5.75 Å². The van der Waals surface area contributed by atoms with Crippen molar-refractivity contribution in [2.75, 3.05) is 6.61 Å². The lowest BCUT2D eigenvalue weighted by atomic mass is 10.1. The summed E-state index contributed by atoms with van der Waals surface area (Å²) >= 11 is 3.33. The van der Waals surface area contributed by atoms with Gasteiger partial charge in [0.2, 0.25) is 5.91 Å². The first-order valence-electron chi connectivity index (χ1n) is 7.46. The molecular formula is C18H19BrN2O3. The second-order valence-corrected chi connectivity index (χ2v) is 6.35. The van der Waals surface area contributed by atoms with E-state index in [-0.39, 0.29) is 18.9 Å². The number of halogens is 1. The average Bonchev–Trinajstić information content (AvgIpc) is 2.56. The van der Waals surface area contributed by atoms with Crippen LogP contribution in [0.3, 0.4) is 0 Å². The minimum atomic E-state index is -0.419. The molecular weight excluding hydrogens is 372 g/mol. The summed E-state index contributed by atoms with van der Waals surface area (Å²) in [6, 6.07) is 13.0. The Morgan fingerprint density at radius 2 is 1.62 bits per heavy atom. The van der Waals surface area contributed by atoms with Crippen LogP contribution in [0.4, 0.5) is 0 Å². The highest BCUT2D eigenvalue weighted by atomic mass is 79.9. The summed E-state index contributed by atoms with van der Waals surface area (Å²) in [6.07, 6.45) is 0.186. The molecule has 6 heteroatoms. The lowest BCUT2D eigenvalue weighted by Gasteiger charge is -2.10. The summed E-state index contributed by atoms with van der Waals surface area (Å²) in [5.74, 6) is -0.0938. The van der Waals surface area contributed by atoms with E-state index in [2.05, 4.69) is 26.8 Å². The number of hydrogen-bond acceptors (Lipinski definition) is 3. The van der Waals surface area contributed by atoms with Gasteiger partial charge in [0.1, 0.15) is 5.75 Å². The van der Waals surface area contributed by atoms with Crippen molar-refractivity contribution in [2.45, 2.75) is 20.3 Å². The van der Waals surface area contributed by atoms with E-state index in [1.165, 1.54) is 0 Å². The Balaban J connectivity index is 1.73. The molecule has 5 nitrogen and oxygen atoms in total. The number of benzene rings is 2. The second kappa shape index (κ2) is 8.49. The molecule has 0 bridgehead atoms. The van der Waals surface area contributed by atoms with Crippen LogP contribution in [0.5, 0.6) is 5.75 Å². The first kappa shape index (κ1) is 18.0. The number of hydrogen-bond donors (Lipinski definition) is 2. The zero-order chi connectivity index (χ0) is 17.5. The highest BCUT2D eigenvalue weighted by Crippen LogP contribution is 2.16. The first-order chi connectivity index (χ1) is 11.4. The van der Waals surface area contributed by atoms with Crippen molar-refractivity contribution in [3.8, 4) is 5.75 Å². The molecule has 0 spiro atoms. The fraction of sp³-hybridized carbons (Fsp3) is 0.222. The summed E-state index contributed by atoms with van der Waals surface area (Å²) < 4.78 is 6.35. The van der Waals surface area contributed by atoms with Crippen LogP contribution in [-0.4, -0.2) is 18.4 Å². The number of carbonyl (C=O) groups excluding carboxylic acids is 2. The Labute approximate surface area is 149 Å². The van der Waals surface area contributed by atoms with Gasteiger partial charge in [-0.1, -0.05) is 34.1 Å². The van der Waals surface area contributed by atoms with Crippen molar-refractivity contribution in [3.63, 3.8) is 0 Å². The van der Waals surface area contributed by atoms with Crippen LogP contribution < -0.4 is 15.6 Å². The third-order valence-electron chi connectivity index (χ3n) is 3.47. The summed E-state index contributed by atoms with van der Waals surface area (Å²) in [5.41, 5.74) is 7.82. The van der Waals surface area contributed by atoms with Gasteiger partial charge in [0, 0.05) is 4.47 Å². The summed E-state index contributed by atoms with van der Waals surface area (Å²) in [4.78, 5) is 23.5. The van der Waals surface area contributed by atoms with Crippen LogP contribution in [0.25, 0.3) is 0 Å². The Hall–Kier alpha value is -2.34. The zero-order valence-electron chi connectivity index (χ0n) is 13.6. The molecule has 0 saturated carbocycles.